The van der Waals surface area contributed by atoms with Crippen LogP contribution in [0.15, 0.2) is 91.6 Å². The van der Waals surface area contributed by atoms with Crippen LogP contribution in [0.1, 0.15) is 10.4 Å². The molecule has 0 saturated carbocycles. The molecule has 11 heteroatoms. The summed E-state index contributed by atoms with van der Waals surface area (Å²) in [6.07, 6.45) is 7.76. The molecule has 0 saturated heterocycles. The van der Waals surface area contributed by atoms with Crippen LogP contribution >= 0.6 is 0 Å². The number of anilines is 1. The molecule has 0 spiro atoms. The van der Waals surface area contributed by atoms with Gasteiger partial charge in [-0.15, -0.1) is 0 Å². The van der Waals surface area contributed by atoms with Gasteiger partial charge < -0.3 is 10.3 Å². The smallest absolute Gasteiger partial charge is 0.255 e. The molecule has 40 heavy (non-hydrogen) atoms. The number of amides is 1. The summed E-state index contributed by atoms with van der Waals surface area (Å²) in [5.41, 5.74) is 4.65. The highest BCUT2D eigenvalue weighted by Gasteiger charge is 2.22. The Morgan fingerprint density at radius 3 is 2.60 bits per heavy atom. The minimum absolute atomic E-state index is 0.169. The van der Waals surface area contributed by atoms with E-state index in [9.17, 15) is 4.79 Å². The summed E-state index contributed by atoms with van der Waals surface area (Å²) in [5, 5.41) is 10.1. The fourth-order valence-electron chi connectivity index (χ4n) is 4.51. The van der Waals surface area contributed by atoms with Crippen LogP contribution in [-0.2, 0) is 0 Å². The average molecular weight is 528 g/mol. The summed E-state index contributed by atoms with van der Waals surface area (Å²) in [4.78, 5) is 37.9. The van der Waals surface area contributed by atoms with Crippen LogP contribution in [0.3, 0.4) is 0 Å². The molecule has 0 aliphatic rings. The summed E-state index contributed by atoms with van der Waals surface area (Å²) in [7, 11) is 0. The number of benzene rings is 1. The summed E-state index contributed by atoms with van der Waals surface area (Å²) in [6, 6.07) is 17.8. The molecule has 0 radical (unpaired) electrons. The molecular formula is C29H18FN9O. The number of carbonyl (C=O) groups is 1. The molecule has 192 valence electrons. The molecule has 0 aliphatic carbocycles. The molecule has 1 amide bonds. The predicted molar refractivity (Wildman–Crippen MR) is 148 cm³/mol. The first-order valence-electron chi connectivity index (χ1n) is 12.3. The first-order chi connectivity index (χ1) is 19.7. The first kappa shape index (κ1) is 23.3. The Bertz CT molecular complexity index is 2020. The molecule has 6 heterocycles. The molecule has 0 unspecified atom stereocenters. The second kappa shape index (κ2) is 9.48. The highest BCUT2D eigenvalue weighted by atomic mass is 19.1. The van der Waals surface area contributed by atoms with Crippen molar-refractivity contribution in [2.24, 2.45) is 0 Å². The number of aromatic nitrogens is 8. The van der Waals surface area contributed by atoms with Crippen molar-refractivity contribution in [3.05, 3.63) is 103 Å². The van der Waals surface area contributed by atoms with Crippen molar-refractivity contribution in [2.45, 2.75) is 0 Å². The second-order valence-corrected chi connectivity index (χ2v) is 8.92. The molecule has 0 fully saturated rings. The van der Waals surface area contributed by atoms with Gasteiger partial charge in [0.15, 0.2) is 11.5 Å². The fourth-order valence-corrected chi connectivity index (χ4v) is 4.51. The number of carbonyl (C=O) groups excluding carboxylic acids is 1. The van der Waals surface area contributed by atoms with Gasteiger partial charge in [0.1, 0.15) is 22.7 Å². The van der Waals surface area contributed by atoms with Gasteiger partial charge in [0, 0.05) is 41.5 Å². The zero-order valence-corrected chi connectivity index (χ0v) is 20.6. The van der Waals surface area contributed by atoms with Gasteiger partial charge in [-0.1, -0.05) is 24.3 Å². The third-order valence-electron chi connectivity index (χ3n) is 6.40. The van der Waals surface area contributed by atoms with E-state index in [1.807, 2.05) is 24.3 Å². The zero-order valence-electron chi connectivity index (χ0n) is 20.6. The van der Waals surface area contributed by atoms with E-state index in [1.165, 1.54) is 18.6 Å². The normalized spacial score (nSPS) is 11.2. The number of hydrogen-bond donors (Lipinski definition) is 3. The van der Waals surface area contributed by atoms with Crippen LogP contribution in [0.2, 0.25) is 0 Å². The van der Waals surface area contributed by atoms with E-state index >= 15 is 4.39 Å². The van der Waals surface area contributed by atoms with Crippen molar-refractivity contribution in [3.63, 3.8) is 0 Å². The lowest BCUT2D eigenvalue weighted by Crippen LogP contribution is -2.11. The van der Waals surface area contributed by atoms with E-state index in [0.717, 1.165) is 0 Å². The van der Waals surface area contributed by atoms with Gasteiger partial charge in [0.05, 0.1) is 28.5 Å². The van der Waals surface area contributed by atoms with Gasteiger partial charge in [0.25, 0.3) is 5.91 Å². The maximum Gasteiger partial charge on any atom is 0.255 e. The minimum Gasteiger partial charge on any atom is -0.336 e. The largest absolute Gasteiger partial charge is 0.336 e. The maximum atomic E-state index is 16.1. The van der Waals surface area contributed by atoms with Crippen molar-refractivity contribution in [2.75, 3.05) is 5.32 Å². The van der Waals surface area contributed by atoms with Crippen LogP contribution in [0.5, 0.6) is 0 Å². The first-order valence-corrected chi connectivity index (χ1v) is 12.3. The standard InChI is InChI=1S/C29H18FN9O/c30-23-19(17-12-18(14-31-13-17)35-29(40)16-6-2-1-3-7-16)15-34-27-22(23)26(38-39-27)28-36-21-9-11-33-24(25(21)37-28)20-8-4-5-10-32-20/h1-15H,(H,35,40)(H,36,37)(H,34,38,39). The Balaban J connectivity index is 1.29. The van der Waals surface area contributed by atoms with Crippen molar-refractivity contribution in [3.8, 4) is 34.0 Å². The van der Waals surface area contributed by atoms with Crippen LogP contribution in [0.4, 0.5) is 10.1 Å². The lowest BCUT2D eigenvalue weighted by atomic mass is 10.1. The van der Waals surface area contributed by atoms with Crippen molar-refractivity contribution < 1.29 is 9.18 Å². The lowest BCUT2D eigenvalue weighted by Gasteiger charge is -2.08. The Morgan fingerprint density at radius 1 is 0.875 bits per heavy atom. The molecule has 0 atom stereocenters. The van der Waals surface area contributed by atoms with Crippen LogP contribution in [-0.4, -0.2) is 46.0 Å². The van der Waals surface area contributed by atoms with Gasteiger partial charge >= 0.3 is 0 Å². The molecule has 10 nitrogen and oxygen atoms in total. The average Bonchev–Trinajstić information content (AvgIpc) is 3.63. The van der Waals surface area contributed by atoms with E-state index in [-0.39, 0.29) is 28.2 Å². The highest BCUT2D eigenvalue weighted by molar-refractivity contribution is 6.04. The predicted octanol–water partition coefficient (Wildman–Crippen LogP) is 5.41. The SMILES string of the molecule is O=C(Nc1cncc(-c2cnc3[nH]nc(-c4nc5c(-c6ccccn6)nccc5[nH]4)c3c2F)c1)c1ccccc1. The molecule has 0 aliphatic heterocycles. The molecular weight excluding hydrogens is 509 g/mol. The Morgan fingerprint density at radius 2 is 1.75 bits per heavy atom. The molecule has 7 rings (SSSR count). The lowest BCUT2D eigenvalue weighted by molar-refractivity contribution is 0.102. The Labute approximate surface area is 225 Å². The number of H-pyrrole nitrogens is 2. The van der Waals surface area contributed by atoms with E-state index in [4.69, 9.17) is 4.98 Å². The number of nitrogens with one attached hydrogen (secondary N) is 3. The third kappa shape index (κ3) is 4.02. The molecule has 6 aromatic heterocycles. The molecule has 7 aromatic rings. The van der Waals surface area contributed by atoms with Gasteiger partial charge in [-0.25, -0.2) is 14.4 Å². The van der Waals surface area contributed by atoms with Crippen molar-refractivity contribution in [1.29, 1.82) is 0 Å². The number of halogens is 1. The number of nitrogens with zero attached hydrogens (tertiary/aromatic N) is 6. The Kier molecular flexibility index (Phi) is 5.52. The summed E-state index contributed by atoms with van der Waals surface area (Å²) in [6.45, 7) is 0. The van der Waals surface area contributed by atoms with Gasteiger partial charge in [-0.2, -0.15) is 5.10 Å². The summed E-state index contributed by atoms with van der Waals surface area (Å²) < 4.78 is 16.1. The Hall–Kier alpha value is -5.84. The molecule has 1 aromatic carbocycles. The number of rotatable bonds is 5. The monoisotopic (exact) mass is 527 g/mol. The highest BCUT2D eigenvalue weighted by Crippen LogP contribution is 2.34. The van der Waals surface area contributed by atoms with E-state index < -0.39 is 5.82 Å². The van der Waals surface area contributed by atoms with E-state index in [1.54, 1.807) is 48.8 Å². The van der Waals surface area contributed by atoms with Crippen LogP contribution in [0, 0.1) is 5.82 Å². The number of fused-ring (bicyclic) bond motifs is 2. The van der Waals surface area contributed by atoms with Gasteiger partial charge in [-0.3, -0.25) is 24.8 Å². The van der Waals surface area contributed by atoms with Crippen LogP contribution < -0.4 is 5.32 Å². The third-order valence-corrected chi connectivity index (χ3v) is 6.40. The maximum absolute atomic E-state index is 16.1. The zero-order chi connectivity index (χ0) is 27.1. The summed E-state index contributed by atoms with van der Waals surface area (Å²) in [5.74, 6) is -0.493. The number of pyridine rings is 4. The van der Waals surface area contributed by atoms with Gasteiger partial charge in [0.2, 0.25) is 0 Å². The number of imidazole rings is 1. The van der Waals surface area contributed by atoms with E-state index in [0.29, 0.717) is 45.1 Å². The van der Waals surface area contributed by atoms with Gasteiger partial charge in [-0.05, 0) is 36.4 Å². The number of aromatic amines is 2. The van der Waals surface area contributed by atoms with Crippen molar-refractivity contribution in [1.82, 2.24) is 40.1 Å². The molecule has 3 N–H and O–H groups in total. The fraction of sp³-hybridized carbons (Fsp3) is 0. The topological polar surface area (TPSA) is 138 Å². The molecule has 0 bridgehead atoms. The minimum atomic E-state index is -0.550. The second-order valence-electron chi connectivity index (χ2n) is 8.92. The van der Waals surface area contributed by atoms with Crippen LogP contribution in [0.25, 0.3) is 56.1 Å². The number of hydrogen-bond acceptors (Lipinski definition) is 7. The van der Waals surface area contributed by atoms with E-state index in [2.05, 4.69) is 40.4 Å². The van der Waals surface area contributed by atoms with Crippen molar-refractivity contribution >= 4 is 33.7 Å². The quantitative estimate of drug-likeness (QED) is 0.272. The summed E-state index contributed by atoms with van der Waals surface area (Å²) >= 11 is 0.